The Hall–Kier alpha value is -3.70. The number of aromatic nitrogens is 4. The Morgan fingerprint density at radius 3 is 2.00 bits per heavy atom. The van der Waals surface area contributed by atoms with Gasteiger partial charge in [0, 0.05) is 16.1 Å². The molecule has 29 heavy (non-hydrogen) atoms. The summed E-state index contributed by atoms with van der Waals surface area (Å²) in [4.78, 5) is 0. The SMILES string of the molecule is Clc1ccc(-n2nc(-c3nnc(-c4ccccc4)o3)cc2-c2ccccc2)cc1. The van der Waals surface area contributed by atoms with Crippen molar-refractivity contribution >= 4 is 11.6 Å². The van der Waals surface area contributed by atoms with Gasteiger partial charge in [-0.2, -0.15) is 5.10 Å². The first-order valence-corrected chi connectivity index (χ1v) is 9.46. The molecule has 0 aliphatic heterocycles. The maximum atomic E-state index is 6.06. The first-order chi connectivity index (χ1) is 14.3. The van der Waals surface area contributed by atoms with Gasteiger partial charge < -0.3 is 4.42 Å². The van der Waals surface area contributed by atoms with Gasteiger partial charge in [0.25, 0.3) is 5.89 Å². The summed E-state index contributed by atoms with van der Waals surface area (Å²) in [5, 5.41) is 13.8. The van der Waals surface area contributed by atoms with Crippen LogP contribution in [0.3, 0.4) is 0 Å². The van der Waals surface area contributed by atoms with Gasteiger partial charge in [0.05, 0.1) is 11.4 Å². The van der Waals surface area contributed by atoms with Gasteiger partial charge in [-0.25, -0.2) is 4.68 Å². The van der Waals surface area contributed by atoms with Crippen LogP contribution in [0.15, 0.2) is 95.4 Å². The summed E-state index contributed by atoms with van der Waals surface area (Å²) in [5.41, 5.74) is 4.31. The maximum Gasteiger partial charge on any atom is 0.268 e. The first-order valence-electron chi connectivity index (χ1n) is 9.09. The Labute approximate surface area is 172 Å². The molecule has 0 radical (unpaired) electrons. The number of halogens is 1. The Kier molecular flexibility index (Phi) is 4.42. The molecule has 0 N–H and O–H groups in total. The summed E-state index contributed by atoms with van der Waals surface area (Å²) in [6, 6.07) is 29.2. The van der Waals surface area contributed by atoms with Crippen LogP contribution in [-0.4, -0.2) is 20.0 Å². The standard InChI is InChI=1S/C23H15ClN4O/c24-18-11-13-19(14-12-18)28-21(16-7-3-1-4-8-16)15-20(27-28)23-26-25-22(29-23)17-9-5-2-6-10-17/h1-15H. The van der Waals surface area contributed by atoms with E-state index in [1.165, 1.54) is 0 Å². The second-order valence-corrected chi connectivity index (χ2v) is 6.88. The Bertz CT molecular complexity index is 1250. The lowest BCUT2D eigenvalue weighted by molar-refractivity contribution is 0.581. The molecular weight excluding hydrogens is 384 g/mol. The van der Waals surface area contributed by atoms with Crippen LogP contribution in [0, 0.1) is 0 Å². The van der Waals surface area contributed by atoms with Gasteiger partial charge in [-0.3, -0.25) is 0 Å². The van der Waals surface area contributed by atoms with Crippen molar-refractivity contribution in [2.75, 3.05) is 0 Å². The highest BCUT2D eigenvalue weighted by atomic mass is 35.5. The van der Waals surface area contributed by atoms with Gasteiger partial charge in [-0.1, -0.05) is 60.1 Å². The van der Waals surface area contributed by atoms with Gasteiger partial charge in [0.2, 0.25) is 5.89 Å². The van der Waals surface area contributed by atoms with Crippen LogP contribution < -0.4 is 0 Å². The molecule has 0 fully saturated rings. The van der Waals surface area contributed by atoms with E-state index in [2.05, 4.69) is 10.2 Å². The molecule has 0 unspecified atom stereocenters. The fourth-order valence-corrected chi connectivity index (χ4v) is 3.23. The molecule has 140 valence electrons. The van der Waals surface area contributed by atoms with E-state index in [1.807, 2.05) is 95.7 Å². The van der Waals surface area contributed by atoms with Gasteiger partial charge in [0.15, 0.2) is 5.69 Å². The van der Waals surface area contributed by atoms with Crippen molar-refractivity contribution < 1.29 is 4.42 Å². The quantitative estimate of drug-likeness (QED) is 0.377. The van der Waals surface area contributed by atoms with Crippen LogP contribution in [-0.2, 0) is 0 Å². The zero-order chi connectivity index (χ0) is 19.6. The number of benzene rings is 3. The molecular formula is C23H15ClN4O. The molecule has 0 amide bonds. The van der Waals surface area contributed by atoms with Crippen LogP contribution in [0.25, 0.3) is 40.0 Å². The molecule has 0 spiro atoms. The van der Waals surface area contributed by atoms with Crippen molar-refractivity contribution in [3.8, 4) is 40.0 Å². The van der Waals surface area contributed by atoms with E-state index in [4.69, 9.17) is 21.1 Å². The predicted octanol–water partition coefficient (Wildman–Crippen LogP) is 5.91. The average Bonchev–Trinajstić information content (AvgIpc) is 3.43. The van der Waals surface area contributed by atoms with E-state index in [1.54, 1.807) is 0 Å². The highest BCUT2D eigenvalue weighted by Gasteiger charge is 2.18. The molecule has 0 aliphatic rings. The molecule has 3 aromatic carbocycles. The van der Waals surface area contributed by atoms with E-state index in [9.17, 15) is 0 Å². The molecule has 2 aromatic heterocycles. The van der Waals surface area contributed by atoms with Crippen molar-refractivity contribution in [3.05, 3.63) is 96.0 Å². The lowest BCUT2D eigenvalue weighted by Gasteiger charge is -2.07. The summed E-state index contributed by atoms with van der Waals surface area (Å²) in [5.74, 6) is 0.830. The van der Waals surface area contributed by atoms with Crippen LogP contribution in [0.1, 0.15) is 0 Å². The fraction of sp³-hybridized carbons (Fsp3) is 0. The largest absolute Gasteiger partial charge is 0.415 e. The highest BCUT2D eigenvalue weighted by molar-refractivity contribution is 6.30. The van der Waals surface area contributed by atoms with Gasteiger partial charge >= 0.3 is 0 Å². The fourth-order valence-electron chi connectivity index (χ4n) is 3.10. The zero-order valence-corrected chi connectivity index (χ0v) is 16.0. The normalized spacial score (nSPS) is 10.9. The molecule has 0 atom stereocenters. The second-order valence-electron chi connectivity index (χ2n) is 6.45. The molecule has 2 heterocycles. The lowest BCUT2D eigenvalue weighted by Crippen LogP contribution is -1.99. The smallest absolute Gasteiger partial charge is 0.268 e. The van der Waals surface area contributed by atoms with Crippen LogP contribution in [0.4, 0.5) is 0 Å². The zero-order valence-electron chi connectivity index (χ0n) is 15.2. The summed E-state index contributed by atoms with van der Waals surface area (Å²) < 4.78 is 7.75. The molecule has 0 saturated heterocycles. The van der Waals surface area contributed by atoms with Crippen LogP contribution in [0.5, 0.6) is 0 Å². The minimum absolute atomic E-state index is 0.369. The molecule has 5 nitrogen and oxygen atoms in total. The van der Waals surface area contributed by atoms with Gasteiger partial charge in [-0.05, 0) is 42.5 Å². The number of rotatable bonds is 4. The maximum absolute atomic E-state index is 6.06. The monoisotopic (exact) mass is 398 g/mol. The topological polar surface area (TPSA) is 56.7 Å². The van der Waals surface area contributed by atoms with Gasteiger partial charge in [0.1, 0.15) is 0 Å². The van der Waals surface area contributed by atoms with Crippen molar-refractivity contribution in [3.63, 3.8) is 0 Å². The summed E-state index contributed by atoms with van der Waals surface area (Å²) in [6.07, 6.45) is 0. The van der Waals surface area contributed by atoms with Crippen LogP contribution in [0.2, 0.25) is 5.02 Å². The Balaban J connectivity index is 1.62. The third kappa shape index (κ3) is 3.44. The number of hydrogen-bond acceptors (Lipinski definition) is 4. The van der Waals surface area contributed by atoms with E-state index in [-0.39, 0.29) is 0 Å². The lowest BCUT2D eigenvalue weighted by atomic mass is 10.1. The van der Waals surface area contributed by atoms with E-state index in [0.29, 0.717) is 22.5 Å². The van der Waals surface area contributed by atoms with E-state index >= 15 is 0 Å². The predicted molar refractivity (Wildman–Crippen MR) is 113 cm³/mol. The number of hydrogen-bond donors (Lipinski definition) is 0. The highest BCUT2D eigenvalue weighted by Crippen LogP contribution is 2.30. The first kappa shape index (κ1) is 17.4. The minimum Gasteiger partial charge on any atom is -0.415 e. The minimum atomic E-state index is 0.369. The molecule has 6 heteroatoms. The molecule has 0 aliphatic carbocycles. The molecule has 0 saturated carbocycles. The van der Waals surface area contributed by atoms with Crippen LogP contribution >= 0.6 is 11.6 Å². The van der Waals surface area contributed by atoms with Gasteiger partial charge in [-0.15, -0.1) is 10.2 Å². The molecule has 0 bridgehead atoms. The number of nitrogens with zero attached hydrogens (tertiary/aromatic N) is 4. The average molecular weight is 399 g/mol. The molecule has 5 rings (SSSR count). The summed E-state index contributed by atoms with van der Waals surface area (Å²) >= 11 is 6.06. The van der Waals surface area contributed by atoms with Crippen molar-refractivity contribution in [1.82, 2.24) is 20.0 Å². The third-order valence-electron chi connectivity index (χ3n) is 4.51. The Morgan fingerprint density at radius 1 is 0.690 bits per heavy atom. The summed E-state index contributed by atoms with van der Waals surface area (Å²) in [6.45, 7) is 0. The van der Waals surface area contributed by atoms with E-state index < -0.39 is 0 Å². The Morgan fingerprint density at radius 2 is 1.31 bits per heavy atom. The van der Waals surface area contributed by atoms with E-state index in [0.717, 1.165) is 22.5 Å². The second kappa shape index (κ2) is 7.37. The van der Waals surface area contributed by atoms with Crippen molar-refractivity contribution in [1.29, 1.82) is 0 Å². The third-order valence-corrected chi connectivity index (χ3v) is 4.77. The van der Waals surface area contributed by atoms with Crippen molar-refractivity contribution in [2.24, 2.45) is 0 Å². The summed E-state index contributed by atoms with van der Waals surface area (Å²) in [7, 11) is 0. The van der Waals surface area contributed by atoms with Crippen molar-refractivity contribution in [2.45, 2.75) is 0 Å². The molecule has 5 aromatic rings.